The second-order valence-corrected chi connectivity index (χ2v) is 21.8. The van der Waals surface area contributed by atoms with Gasteiger partial charge in [-0.1, -0.05) is 83.8 Å². The molecule has 0 unspecified atom stereocenters. The average molecular weight is 1180 g/mol. The van der Waals surface area contributed by atoms with E-state index in [2.05, 4.69) is 54.9 Å². The Hall–Kier alpha value is -4.49. The highest BCUT2D eigenvalue weighted by molar-refractivity contribution is 7.09. The summed E-state index contributed by atoms with van der Waals surface area (Å²) in [6.07, 6.45) is 5.71. The number of nitrogens with one attached hydrogen (secondary N) is 1. The highest BCUT2D eigenvalue weighted by Gasteiger charge is 2.38. The number of benzene rings is 1. The van der Waals surface area contributed by atoms with E-state index in [0.29, 0.717) is 136 Å². The monoisotopic (exact) mass is 1180 g/mol. The normalized spacial score (nSPS) is 15.6. The number of likely N-dealkylation sites (tertiary alicyclic amines) is 1. The minimum absolute atomic E-state index is 0.00349. The van der Waals surface area contributed by atoms with E-state index in [1.54, 1.807) is 29.6 Å². The van der Waals surface area contributed by atoms with Crippen molar-refractivity contribution in [2.75, 3.05) is 139 Å². The molecule has 23 heteroatoms. The Balaban J connectivity index is 1.36. The molecule has 0 radical (unpaired) electrons. The minimum Gasteiger partial charge on any atom is -0.480 e. The third kappa shape index (κ3) is 29.4. The highest BCUT2D eigenvalue weighted by Crippen LogP contribution is 2.34. The van der Waals surface area contributed by atoms with Crippen LogP contribution in [0.15, 0.2) is 34.8 Å². The Kier molecular flexibility index (Phi) is 38.6. The van der Waals surface area contributed by atoms with E-state index in [9.17, 15) is 29.1 Å². The number of piperidine rings is 1. The first-order valence-electron chi connectivity index (χ1n) is 29.6. The lowest BCUT2D eigenvalue weighted by Crippen LogP contribution is -2.50. The average Bonchev–Trinajstić information content (AvgIpc) is 4.16. The zero-order valence-electron chi connectivity index (χ0n) is 50.1. The van der Waals surface area contributed by atoms with Crippen LogP contribution >= 0.6 is 11.3 Å². The number of Topliss-reactive ketones (excluding diaryl/α,β-unsaturated/α-hetero) is 2. The van der Waals surface area contributed by atoms with Crippen molar-refractivity contribution in [1.82, 2.24) is 20.1 Å². The maximum atomic E-state index is 14.8. The van der Waals surface area contributed by atoms with Crippen LogP contribution in [0.3, 0.4) is 0 Å². The van der Waals surface area contributed by atoms with E-state index < -0.39 is 29.9 Å². The largest absolute Gasteiger partial charge is 0.480 e. The zero-order valence-corrected chi connectivity index (χ0v) is 50.9. The summed E-state index contributed by atoms with van der Waals surface area (Å²) in [4.78, 5) is 78.9. The Morgan fingerprint density at radius 1 is 0.780 bits per heavy atom. The van der Waals surface area contributed by atoms with E-state index in [0.717, 1.165) is 50.6 Å². The molecule has 3 rings (SSSR count). The number of carbonyl (C=O) groups is 5. The summed E-state index contributed by atoms with van der Waals surface area (Å²) >= 11 is 1.27. The first-order valence-corrected chi connectivity index (χ1v) is 30.5. The van der Waals surface area contributed by atoms with E-state index >= 15 is 0 Å². The third-order valence-corrected chi connectivity index (χ3v) is 15.1. The number of carboxylic acids is 1. The fourth-order valence-corrected chi connectivity index (χ4v) is 10.2. The molecule has 1 aliphatic heterocycles. The van der Waals surface area contributed by atoms with Crippen LogP contribution < -0.4 is 5.32 Å². The minimum atomic E-state index is -1.25. The Bertz CT molecular complexity index is 2130. The number of ether oxygens (including phenoxy) is 9. The van der Waals surface area contributed by atoms with E-state index in [4.69, 9.17) is 53.1 Å². The number of carboxylic acid groups (broad SMARTS) is 1. The number of amides is 2. The Morgan fingerprint density at radius 3 is 1.83 bits per heavy atom. The zero-order chi connectivity index (χ0) is 59.7. The van der Waals surface area contributed by atoms with Crippen molar-refractivity contribution < 1.29 is 71.7 Å². The fraction of sp³-hybridized carbons (Fsp3) is 0.763. The van der Waals surface area contributed by atoms with Gasteiger partial charge in [0.25, 0.3) is 5.91 Å². The predicted octanol–water partition coefficient (Wildman–Crippen LogP) is 7.74. The van der Waals surface area contributed by atoms with E-state index in [1.165, 1.54) is 11.3 Å². The van der Waals surface area contributed by atoms with Crippen LogP contribution in [-0.4, -0.2) is 206 Å². The topological polar surface area (TPSA) is 269 Å². The summed E-state index contributed by atoms with van der Waals surface area (Å²) < 4.78 is 50.1. The van der Waals surface area contributed by atoms with Gasteiger partial charge in [0.1, 0.15) is 28.6 Å². The van der Waals surface area contributed by atoms with Gasteiger partial charge in [-0.3, -0.25) is 24.1 Å². The van der Waals surface area contributed by atoms with Gasteiger partial charge in [-0.25, -0.2) is 9.78 Å². The molecule has 2 aromatic rings. The van der Waals surface area contributed by atoms with Crippen LogP contribution in [0.5, 0.6) is 0 Å². The summed E-state index contributed by atoms with van der Waals surface area (Å²) in [6, 6.07) is 5.44. The number of aliphatic carboxylic acids is 1. The molecule has 22 nitrogen and oxygen atoms in total. The fourth-order valence-electron chi connectivity index (χ4n) is 9.32. The molecule has 2 amide bonds. The smallest absolute Gasteiger partial charge is 0.326 e. The summed E-state index contributed by atoms with van der Waals surface area (Å²) in [5, 5.41) is 18.4. The van der Waals surface area contributed by atoms with Crippen molar-refractivity contribution in [1.29, 1.82) is 0 Å². The van der Waals surface area contributed by atoms with Gasteiger partial charge in [-0.05, 0) is 67.8 Å². The van der Waals surface area contributed by atoms with Crippen LogP contribution in [0, 0.1) is 17.8 Å². The van der Waals surface area contributed by atoms with E-state index in [1.807, 2.05) is 18.9 Å². The second-order valence-electron chi connectivity index (χ2n) is 20.9. The van der Waals surface area contributed by atoms with Gasteiger partial charge in [-0.15, -0.1) is 11.3 Å². The molecule has 6 atom stereocenters. The number of ketones is 2. The number of carbonyl (C=O) groups excluding carboxylic acids is 4. The predicted molar refractivity (Wildman–Crippen MR) is 312 cm³/mol. The number of azide groups is 1. The summed E-state index contributed by atoms with van der Waals surface area (Å²) in [7, 11) is 2.00. The molecule has 464 valence electrons. The molecule has 1 aromatic heterocycles. The molecule has 1 saturated heterocycles. The lowest BCUT2D eigenvalue weighted by atomic mass is 9.82. The molecular formula is C59H97N7O15S. The number of rotatable bonds is 50. The maximum Gasteiger partial charge on any atom is 0.326 e. The summed E-state index contributed by atoms with van der Waals surface area (Å²) in [5.74, 6) is -2.08. The Morgan fingerprint density at radius 2 is 1.33 bits per heavy atom. The third-order valence-electron chi connectivity index (χ3n) is 14.1. The Labute approximate surface area is 490 Å². The van der Waals surface area contributed by atoms with Crippen molar-refractivity contribution in [3.05, 3.63) is 61.9 Å². The van der Waals surface area contributed by atoms with Gasteiger partial charge in [0, 0.05) is 74.1 Å². The van der Waals surface area contributed by atoms with Gasteiger partial charge in [0.2, 0.25) is 5.91 Å². The molecule has 0 saturated carbocycles. The molecule has 82 heavy (non-hydrogen) atoms. The number of likely N-dealkylation sites (N-methyl/N-ethyl adjacent to an activating group) is 1. The first-order chi connectivity index (χ1) is 39.7. The molecule has 0 bridgehead atoms. The number of aromatic nitrogens is 1. The number of hydrogen-bond donors (Lipinski definition) is 2. The number of nitrogens with zero attached hydrogens (tertiary/aromatic N) is 6. The quantitative estimate of drug-likeness (QED) is 0.0277. The molecule has 1 fully saturated rings. The lowest BCUT2D eigenvalue weighted by molar-refractivity contribution is -0.145. The SMILES string of the molecule is CCCO[C@H](C[C@H](C(C)C)N(CCC)C(=O)[C@@H](CC(=O)[C@H]1CCCCN1C)[C@@H](C)CC)c1nc(C(=O)N[C@@H](Cc2ccc(CC(=O)CCOCCOCCOCCOCCOCCOCCOCCOCCN=[N+]=[N-])cc2)C(=O)O)cs1. The van der Waals surface area contributed by atoms with Gasteiger partial charge in [0.15, 0.2) is 5.78 Å². The van der Waals surface area contributed by atoms with Gasteiger partial charge in [-0.2, -0.15) is 0 Å². The summed E-state index contributed by atoms with van der Waals surface area (Å²) in [6.45, 7) is 21.1. The van der Waals surface area contributed by atoms with Crippen LogP contribution in [0.2, 0.25) is 0 Å². The van der Waals surface area contributed by atoms with Crippen molar-refractivity contribution in [2.24, 2.45) is 22.9 Å². The van der Waals surface area contributed by atoms with Crippen LogP contribution in [-0.2, 0) is 74.7 Å². The summed E-state index contributed by atoms with van der Waals surface area (Å²) in [5.41, 5.74) is 9.72. The molecule has 0 aliphatic carbocycles. The molecule has 2 heterocycles. The van der Waals surface area contributed by atoms with Gasteiger partial charge >= 0.3 is 5.97 Å². The van der Waals surface area contributed by atoms with Crippen LogP contribution in [0.4, 0.5) is 0 Å². The van der Waals surface area contributed by atoms with Gasteiger partial charge in [0.05, 0.1) is 112 Å². The van der Waals surface area contributed by atoms with Gasteiger partial charge < -0.3 is 58.0 Å². The molecule has 2 N–H and O–H groups in total. The van der Waals surface area contributed by atoms with Crippen molar-refractivity contribution in [2.45, 2.75) is 136 Å². The van der Waals surface area contributed by atoms with Crippen molar-refractivity contribution in [3.8, 4) is 0 Å². The highest BCUT2D eigenvalue weighted by atomic mass is 32.1. The molecule has 1 aliphatic rings. The maximum absolute atomic E-state index is 14.8. The van der Waals surface area contributed by atoms with Crippen LogP contribution in [0.1, 0.15) is 132 Å². The van der Waals surface area contributed by atoms with Crippen molar-refractivity contribution >= 4 is 40.7 Å². The lowest BCUT2D eigenvalue weighted by Gasteiger charge is -2.40. The van der Waals surface area contributed by atoms with Crippen molar-refractivity contribution in [3.63, 3.8) is 0 Å². The number of hydrogen-bond acceptors (Lipinski definition) is 18. The first kappa shape index (κ1) is 71.8. The second kappa shape index (κ2) is 44.1. The molecule has 1 aromatic carbocycles. The molecule has 0 spiro atoms. The molecular weight excluding hydrogens is 1080 g/mol. The number of thiazole rings is 1. The standard InChI is InChI=1S/C59H97N7O15S/c1-8-20-66(58(70)49(45(6)10-3)41-54(68)52-13-11-12-21-65(52)7)53(44(4)5)42-55(81-22-9-2)57-63-51(43-82-57)56(69)62-50(59(71)72)40-47-16-14-46(15-17-47)39-48(67)18-23-73-25-27-75-29-31-77-33-35-79-37-38-80-36-34-78-32-30-76-28-26-74-24-19-61-64-60/h14-17,43-45,49-50,52-53,55H,8-13,18-42H2,1-7H3,(H,62,69)(H,71,72)/t45-,49-,50-,52+,53+,55+/m0/s1. The van der Waals surface area contributed by atoms with E-state index in [-0.39, 0.29) is 79.4 Å². The van der Waals surface area contributed by atoms with Crippen LogP contribution in [0.25, 0.3) is 10.4 Å².